The standard InChI is InChI=1S/C18H13N3O2/c22-16-9-5-4-8-13(16)15-11-10-14-17(19-15)20-21(18(14)23)12-6-2-1-3-7-12/h1-11,22H,(H,19,20). The molecule has 5 nitrogen and oxygen atoms in total. The highest BCUT2D eigenvalue weighted by Gasteiger charge is 2.12. The lowest BCUT2D eigenvalue weighted by Gasteiger charge is -2.03. The number of para-hydroxylation sites is 2. The number of hydrogen-bond acceptors (Lipinski definition) is 3. The van der Waals surface area contributed by atoms with Crippen LogP contribution in [0.2, 0.25) is 0 Å². The fourth-order valence-corrected chi connectivity index (χ4v) is 2.59. The van der Waals surface area contributed by atoms with Crippen molar-refractivity contribution < 1.29 is 5.11 Å². The number of phenolic OH excluding ortho intramolecular Hbond substituents is 1. The number of aromatic amines is 1. The topological polar surface area (TPSA) is 70.9 Å². The monoisotopic (exact) mass is 303 g/mol. The molecule has 4 rings (SSSR count). The maximum absolute atomic E-state index is 12.5. The van der Waals surface area contributed by atoms with Gasteiger partial charge < -0.3 is 5.11 Å². The maximum Gasteiger partial charge on any atom is 0.280 e. The number of nitrogens with one attached hydrogen (secondary N) is 1. The molecular weight excluding hydrogens is 290 g/mol. The summed E-state index contributed by atoms with van der Waals surface area (Å²) >= 11 is 0. The molecule has 2 heterocycles. The third-order valence-corrected chi connectivity index (χ3v) is 3.74. The summed E-state index contributed by atoms with van der Waals surface area (Å²) in [5.74, 6) is 0.157. The van der Waals surface area contributed by atoms with Gasteiger partial charge in [0.15, 0.2) is 5.65 Å². The molecule has 0 aliphatic rings. The van der Waals surface area contributed by atoms with Crippen LogP contribution in [0.4, 0.5) is 0 Å². The summed E-state index contributed by atoms with van der Waals surface area (Å²) in [6.45, 7) is 0. The fourth-order valence-electron chi connectivity index (χ4n) is 2.59. The second-order valence-electron chi connectivity index (χ2n) is 5.20. The van der Waals surface area contributed by atoms with Crippen LogP contribution in [0.25, 0.3) is 28.0 Å². The van der Waals surface area contributed by atoms with Crippen molar-refractivity contribution in [2.75, 3.05) is 0 Å². The Labute approximate surface area is 131 Å². The van der Waals surface area contributed by atoms with E-state index in [4.69, 9.17) is 0 Å². The van der Waals surface area contributed by atoms with Crippen molar-refractivity contribution in [3.05, 3.63) is 77.1 Å². The first-order chi connectivity index (χ1) is 11.2. The average molecular weight is 303 g/mol. The number of benzene rings is 2. The van der Waals surface area contributed by atoms with Crippen molar-refractivity contribution in [3.63, 3.8) is 0 Å². The van der Waals surface area contributed by atoms with Gasteiger partial charge in [0, 0.05) is 5.56 Å². The Hall–Kier alpha value is -3.34. The van der Waals surface area contributed by atoms with Crippen molar-refractivity contribution in [1.82, 2.24) is 14.8 Å². The number of fused-ring (bicyclic) bond motifs is 1. The van der Waals surface area contributed by atoms with Crippen molar-refractivity contribution in [2.24, 2.45) is 0 Å². The van der Waals surface area contributed by atoms with E-state index in [9.17, 15) is 9.90 Å². The van der Waals surface area contributed by atoms with Crippen LogP contribution in [-0.2, 0) is 0 Å². The number of nitrogens with zero attached hydrogens (tertiary/aromatic N) is 2. The average Bonchev–Trinajstić information content (AvgIpc) is 2.92. The van der Waals surface area contributed by atoms with Gasteiger partial charge in [-0.3, -0.25) is 9.89 Å². The molecule has 0 spiro atoms. The molecule has 2 aromatic heterocycles. The number of pyridine rings is 1. The van der Waals surface area contributed by atoms with Crippen molar-refractivity contribution in [3.8, 4) is 22.7 Å². The molecule has 0 fully saturated rings. The Morgan fingerprint density at radius 3 is 2.43 bits per heavy atom. The zero-order valence-corrected chi connectivity index (χ0v) is 12.1. The summed E-state index contributed by atoms with van der Waals surface area (Å²) < 4.78 is 1.46. The first-order valence-corrected chi connectivity index (χ1v) is 7.19. The Balaban J connectivity index is 1.91. The normalized spacial score (nSPS) is 11.0. The Bertz CT molecular complexity index is 1050. The van der Waals surface area contributed by atoms with Crippen LogP contribution in [0.3, 0.4) is 0 Å². The van der Waals surface area contributed by atoms with Crippen molar-refractivity contribution in [1.29, 1.82) is 0 Å². The molecule has 0 saturated heterocycles. The molecule has 0 amide bonds. The van der Waals surface area contributed by atoms with E-state index in [0.717, 1.165) is 5.69 Å². The molecule has 4 aromatic rings. The third kappa shape index (κ3) is 2.19. The molecule has 0 saturated carbocycles. The Morgan fingerprint density at radius 1 is 0.913 bits per heavy atom. The number of phenols is 1. The Morgan fingerprint density at radius 2 is 1.65 bits per heavy atom. The van der Waals surface area contributed by atoms with Crippen molar-refractivity contribution in [2.45, 2.75) is 0 Å². The first kappa shape index (κ1) is 13.3. The third-order valence-electron chi connectivity index (χ3n) is 3.74. The molecule has 0 atom stereocenters. The summed E-state index contributed by atoms with van der Waals surface area (Å²) in [6, 6.07) is 19.8. The van der Waals surface area contributed by atoms with Gasteiger partial charge in [-0.1, -0.05) is 30.3 Å². The van der Waals surface area contributed by atoms with E-state index in [0.29, 0.717) is 22.3 Å². The number of aromatic nitrogens is 3. The van der Waals surface area contributed by atoms with E-state index in [1.807, 2.05) is 36.4 Å². The van der Waals surface area contributed by atoms with Crippen LogP contribution in [0, 0.1) is 0 Å². The van der Waals surface area contributed by atoms with Gasteiger partial charge in [0.25, 0.3) is 5.56 Å². The number of H-pyrrole nitrogens is 1. The summed E-state index contributed by atoms with van der Waals surface area (Å²) in [5.41, 5.74) is 2.32. The molecule has 5 heteroatoms. The molecular formula is C18H13N3O2. The quantitative estimate of drug-likeness (QED) is 0.598. The lowest BCUT2D eigenvalue weighted by atomic mass is 10.1. The van der Waals surface area contributed by atoms with E-state index < -0.39 is 0 Å². The van der Waals surface area contributed by atoms with Gasteiger partial charge in [-0.2, -0.15) is 0 Å². The van der Waals surface area contributed by atoms with Gasteiger partial charge in [0.05, 0.1) is 16.8 Å². The predicted octanol–water partition coefficient (Wildman–Crippen LogP) is 3.09. The number of aromatic hydroxyl groups is 1. The molecule has 0 unspecified atom stereocenters. The minimum Gasteiger partial charge on any atom is -0.507 e. The molecule has 112 valence electrons. The second-order valence-corrected chi connectivity index (χ2v) is 5.20. The molecule has 2 N–H and O–H groups in total. The van der Waals surface area contributed by atoms with E-state index in [1.165, 1.54) is 4.68 Å². The molecule has 0 radical (unpaired) electrons. The fraction of sp³-hybridized carbons (Fsp3) is 0. The van der Waals surface area contributed by atoms with Gasteiger partial charge in [-0.15, -0.1) is 0 Å². The van der Waals surface area contributed by atoms with Gasteiger partial charge in [0.1, 0.15) is 5.75 Å². The van der Waals surface area contributed by atoms with Crippen LogP contribution < -0.4 is 5.56 Å². The Kier molecular flexibility index (Phi) is 2.98. The summed E-state index contributed by atoms with van der Waals surface area (Å²) in [5, 5.41) is 13.5. The lowest BCUT2D eigenvalue weighted by Crippen LogP contribution is -2.13. The molecule has 2 aromatic carbocycles. The van der Waals surface area contributed by atoms with Crippen LogP contribution >= 0.6 is 0 Å². The second kappa shape index (κ2) is 5.14. The van der Waals surface area contributed by atoms with E-state index in [-0.39, 0.29) is 11.3 Å². The smallest absolute Gasteiger partial charge is 0.280 e. The SMILES string of the molecule is O=c1c2ccc(-c3ccccc3O)nc2[nH]n1-c1ccccc1. The van der Waals surface area contributed by atoms with E-state index in [1.54, 1.807) is 30.3 Å². The number of rotatable bonds is 2. The van der Waals surface area contributed by atoms with Crippen LogP contribution in [0.1, 0.15) is 0 Å². The highest BCUT2D eigenvalue weighted by Crippen LogP contribution is 2.27. The lowest BCUT2D eigenvalue weighted by molar-refractivity contribution is 0.477. The van der Waals surface area contributed by atoms with Crippen molar-refractivity contribution >= 4 is 11.0 Å². The minimum absolute atomic E-state index is 0.150. The van der Waals surface area contributed by atoms with Gasteiger partial charge in [-0.25, -0.2) is 9.67 Å². The summed E-state index contributed by atoms with van der Waals surface area (Å²) in [7, 11) is 0. The van der Waals surface area contributed by atoms with Crippen LogP contribution in [0.5, 0.6) is 5.75 Å². The van der Waals surface area contributed by atoms with E-state index >= 15 is 0 Å². The predicted molar refractivity (Wildman–Crippen MR) is 88.8 cm³/mol. The summed E-state index contributed by atoms with van der Waals surface area (Å²) in [4.78, 5) is 17.0. The zero-order chi connectivity index (χ0) is 15.8. The van der Waals surface area contributed by atoms with Gasteiger partial charge in [-0.05, 0) is 36.4 Å². The highest BCUT2D eigenvalue weighted by atomic mass is 16.3. The van der Waals surface area contributed by atoms with E-state index in [2.05, 4.69) is 10.1 Å². The largest absolute Gasteiger partial charge is 0.507 e. The maximum atomic E-state index is 12.5. The highest BCUT2D eigenvalue weighted by molar-refractivity contribution is 5.79. The molecule has 0 aliphatic heterocycles. The minimum atomic E-state index is -0.150. The molecule has 23 heavy (non-hydrogen) atoms. The zero-order valence-electron chi connectivity index (χ0n) is 12.1. The van der Waals surface area contributed by atoms with Crippen LogP contribution in [-0.4, -0.2) is 19.9 Å². The molecule has 0 bridgehead atoms. The number of hydrogen-bond donors (Lipinski definition) is 2. The van der Waals surface area contributed by atoms with Crippen LogP contribution in [0.15, 0.2) is 71.5 Å². The van der Waals surface area contributed by atoms with Gasteiger partial charge >= 0.3 is 0 Å². The van der Waals surface area contributed by atoms with Gasteiger partial charge in [0.2, 0.25) is 0 Å². The molecule has 0 aliphatic carbocycles. The summed E-state index contributed by atoms with van der Waals surface area (Å²) in [6.07, 6.45) is 0. The first-order valence-electron chi connectivity index (χ1n) is 7.19.